The first kappa shape index (κ1) is 21.0. The third-order valence-electron chi connectivity index (χ3n) is 7.48. The molecule has 3 aliphatic rings. The average Bonchev–Trinajstić information content (AvgIpc) is 3.03. The van der Waals surface area contributed by atoms with E-state index in [9.17, 15) is 30.0 Å². The molecule has 0 saturated heterocycles. The third-order valence-corrected chi connectivity index (χ3v) is 7.48. The SMILES string of the molecule is Cc1cc(O)c2c(c1)C(=O)c1cc3c(c(O)c1C2=O)[C@@H](O)[C@@H]1[C@@H](C(C)(C)O)CC[C@]1(C)O3. The van der Waals surface area contributed by atoms with Crippen LogP contribution in [0, 0.1) is 18.8 Å². The fourth-order valence-corrected chi connectivity index (χ4v) is 6.00. The first-order valence-electron chi connectivity index (χ1n) is 10.8. The number of aliphatic hydroxyl groups excluding tert-OH is 1. The number of phenolic OH excluding ortho intramolecular Hbond substituents is 2. The highest BCUT2D eigenvalue weighted by atomic mass is 16.5. The number of aryl methyl sites for hydroxylation is 1. The van der Waals surface area contributed by atoms with Crippen molar-refractivity contribution in [2.75, 3.05) is 0 Å². The Balaban J connectivity index is 1.72. The van der Waals surface area contributed by atoms with E-state index in [-0.39, 0.29) is 45.2 Å². The van der Waals surface area contributed by atoms with Crippen LogP contribution in [0.1, 0.15) is 82.7 Å². The molecule has 32 heavy (non-hydrogen) atoms. The van der Waals surface area contributed by atoms with Crippen molar-refractivity contribution in [1.29, 1.82) is 0 Å². The molecule has 2 aromatic rings. The molecule has 0 amide bonds. The molecule has 1 aliphatic heterocycles. The van der Waals surface area contributed by atoms with E-state index in [2.05, 4.69) is 0 Å². The maximum absolute atomic E-state index is 13.3. The van der Waals surface area contributed by atoms with Gasteiger partial charge in [0, 0.05) is 17.0 Å². The Morgan fingerprint density at radius 1 is 1.06 bits per heavy atom. The Bertz CT molecular complexity index is 1210. The molecular formula is C25H26O7. The van der Waals surface area contributed by atoms with Crippen molar-refractivity contribution in [2.24, 2.45) is 11.8 Å². The van der Waals surface area contributed by atoms with Crippen molar-refractivity contribution in [3.63, 3.8) is 0 Å². The van der Waals surface area contributed by atoms with E-state index in [1.54, 1.807) is 20.8 Å². The van der Waals surface area contributed by atoms with Crippen molar-refractivity contribution in [1.82, 2.24) is 0 Å². The van der Waals surface area contributed by atoms with Crippen molar-refractivity contribution >= 4 is 11.6 Å². The Labute approximate surface area is 185 Å². The summed E-state index contributed by atoms with van der Waals surface area (Å²) in [6.07, 6.45) is -0.000278. The van der Waals surface area contributed by atoms with Gasteiger partial charge in [0.05, 0.1) is 28.4 Å². The van der Waals surface area contributed by atoms with Crippen LogP contribution in [-0.2, 0) is 0 Å². The van der Waals surface area contributed by atoms with E-state index >= 15 is 0 Å². The van der Waals surface area contributed by atoms with Crippen molar-refractivity contribution < 1.29 is 34.8 Å². The number of fused-ring (bicyclic) bond motifs is 4. The van der Waals surface area contributed by atoms with Gasteiger partial charge in [0.2, 0.25) is 5.78 Å². The first-order valence-corrected chi connectivity index (χ1v) is 10.8. The number of hydrogen-bond acceptors (Lipinski definition) is 7. The zero-order valence-corrected chi connectivity index (χ0v) is 18.4. The van der Waals surface area contributed by atoms with E-state index in [0.717, 1.165) is 0 Å². The number of aliphatic hydroxyl groups is 2. The smallest absolute Gasteiger partial charge is 0.201 e. The van der Waals surface area contributed by atoms with Crippen LogP contribution in [0.4, 0.5) is 0 Å². The van der Waals surface area contributed by atoms with Gasteiger partial charge in [-0.2, -0.15) is 0 Å². The van der Waals surface area contributed by atoms with Gasteiger partial charge in [-0.1, -0.05) is 0 Å². The lowest BCUT2D eigenvalue weighted by Crippen LogP contribution is -2.49. The Kier molecular flexibility index (Phi) is 4.15. The summed E-state index contributed by atoms with van der Waals surface area (Å²) in [7, 11) is 0. The molecule has 5 rings (SSSR count). The zero-order chi connectivity index (χ0) is 23.3. The Morgan fingerprint density at radius 3 is 2.38 bits per heavy atom. The minimum atomic E-state index is -1.20. The fourth-order valence-electron chi connectivity index (χ4n) is 6.00. The van der Waals surface area contributed by atoms with Crippen LogP contribution in [0.3, 0.4) is 0 Å². The van der Waals surface area contributed by atoms with Crippen LogP contribution in [0.5, 0.6) is 17.2 Å². The standard InChI is InChI=1S/C25H26O7/c1-10-7-11-16(14(26)8-10)21(28)17-12(20(11)27)9-15-18(22(17)29)23(30)19-13(24(2,3)31)5-6-25(19,4)32-15/h7-9,13,19,23,26,29-31H,5-6H2,1-4H3/t13-,19-,23+,25-/m0/s1. The molecule has 0 bridgehead atoms. The lowest BCUT2D eigenvalue weighted by atomic mass is 9.71. The molecule has 1 fully saturated rings. The monoisotopic (exact) mass is 438 g/mol. The number of hydrogen-bond donors (Lipinski definition) is 4. The number of phenols is 2. The highest BCUT2D eigenvalue weighted by Gasteiger charge is 2.58. The molecule has 0 aromatic heterocycles. The fraction of sp³-hybridized carbons (Fsp3) is 0.440. The second-order valence-corrected chi connectivity index (χ2v) is 10.1. The highest BCUT2D eigenvalue weighted by Crippen LogP contribution is 2.59. The van der Waals surface area contributed by atoms with Crippen molar-refractivity contribution in [2.45, 2.75) is 57.8 Å². The van der Waals surface area contributed by atoms with Crippen LogP contribution in [-0.4, -0.2) is 43.2 Å². The molecule has 168 valence electrons. The van der Waals surface area contributed by atoms with E-state index in [1.165, 1.54) is 18.2 Å². The summed E-state index contributed by atoms with van der Waals surface area (Å²) in [6, 6.07) is 4.34. The molecule has 1 heterocycles. The van der Waals surface area contributed by atoms with Crippen LogP contribution in [0.15, 0.2) is 18.2 Å². The number of carbonyl (C=O) groups is 2. The maximum Gasteiger partial charge on any atom is 0.201 e. The summed E-state index contributed by atoms with van der Waals surface area (Å²) in [5.41, 5.74) is -1.57. The van der Waals surface area contributed by atoms with Crippen molar-refractivity contribution in [3.8, 4) is 17.2 Å². The predicted molar refractivity (Wildman–Crippen MR) is 114 cm³/mol. The molecular weight excluding hydrogens is 412 g/mol. The van der Waals surface area contributed by atoms with E-state index < -0.39 is 40.5 Å². The number of ether oxygens (including phenoxy) is 1. The summed E-state index contributed by atoms with van der Waals surface area (Å²) in [4.78, 5) is 26.5. The lowest BCUT2D eigenvalue weighted by Gasteiger charge is -2.45. The van der Waals surface area contributed by atoms with E-state index in [4.69, 9.17) is 4.74 Å². The molecule has 2 aromatic carbocycles. The average molecular weight is 438 g/mol. The minimum absolute atomic E-state index is 0.0185. The van der Waals surface area contributed by atoms with E-state index in [0.29, 0.717) is 18.4 Å². The summed E-state index contributed by atoms with van der Waals surface area (Å²) >= 11 is 0. The quantitative estimate of drug-likeness (QED) is 0.460. The van der Waals surface area contributed by atoms with Crippen LogP contribution in [0.2, 0.25) is 0 Å². The largest absolute Gasteiger partial charge is 0.507 e. The highest BCUT2D eigenvalue weighted by molar-refractivity contribution is 6.30. The molecule has 2 aliphatic carbocycles. The van der Waals surface area contributed by atoms with Gasteiger partial charge in [-0.05, 0) is 70.2 Å². The van der Waals surface area contributed by atoms with Crippen LogP contribution in [0.25, 0.3) is 0 Å². The van der Waals surface area contributed by atoms with Gasteiger partial charge in [-0.3, -0.25) is 9.59 Å². The normalized spacial score (nSPS) is 28.5. The van der Waals surface area contributed by atoms with Gasteiger partial charge in [0.1, 0.15) is 22.8 Å². The lowest BCUT2D eigenvalue weighted by molar-refractivity contribution is -0.101. The van der Waals surface area contributed by atoms with Gasteiger partial charge in [-0.15, -0.1) is 0 Å². The molecule has 0 unspecified atom stereocenters. The minimum Gasteiger partial charge on any atom is -0.507 e. The Hall–Kier alpha value is -2.90. The second kappa shape index (κ2) is 6.33. The maximum atomic E-state index is 13.3. The Morgan fingerprint density at radius 2 is 1.72 bits per heavy atom. The summed E-state index contributed by atoms with van der Waals surface area (Å²) in [5, 5.41) is 43.5. The molecule has 1 saturated carbocycles. The summed E-state index contributed by atoms with van der Waals surface area (Å²) in [5.74, 6) is -2.68. The number of rotatable bonds is 1. The summed E-state index contributed by atoms with van der Waals surface area (Å²) in [6.45, 7) is 6.93. The van der Waals surface area contributed by atoms with Crippen molar-refractivity contribution in [3.05, 3.63) is 51.6 Å². The number of ketones is 2. The van der Waals surface area contributed by atoms with Gasteiger partial charge in [-0.25, -0.2) is 0 Å². The molecule has 0 radical (unpaired) electrons. The number of benzene rings is 2. The zero-order valence-electron chi connectivity index (χ0n) is 18.4. The predicted octanol–water partition coefficient (Wildman–Crippen LogP) is 3.16. The molecule has 4 N–H and O–H groups in total. The number of carbonyl (C=O) groups excluding carboxylic acids is 2. The molecule has 7 heteroatoms. The van der Waals surface area contributed by atoms with Gasteiger partial charge in [0.15, 0.2) is 5.78 Å². The van der Waals surface area contributed by atoms with Gasteiger partial charge >= 0.3 is 0 Å². The molecule has 0 spiro atoms. The molecule has 7 nitrogen and oxygen atoms in total. The first-order chi connectivity index (χ1) is 14.8. The van der Waals surface area contributed by atoms with Crippen LogP contribution >= 0.6 is 0 Å². The topological polar surface area (TPSA) is 124 Å². The summed E-state index contributed by atoms with van der Waals surface area (Å²) < 4.78 is 6.26. The molecule has 4 atom stereocenters. The number of aromatic hydroxyl groups is 2. The van der Waals surface area contributed by atoms with Crippen LogP contribution < -0.4 is 4.74 Å². The van der Waals surface area contributed by atoms with E-state index in [1.807, 2.05) is 6.92 Å². The second-order valence-electron chi connectivity index (χ2n) is 10.1. The third kappa shape index (κ3) is 2.61. The van der Waals surface area contributed by atoms with Gasteiger partial charge < -0.3 is 25.2 Å². The van der Waals surface area contributed by atoms with Gasteiger partial charge in [0.25, 0.3) is 0 Å².